The van der Waals surface area contributed by atoms with Gasteiger partial charge in [-0.1, -0.05) is 0 Å². The molecule has 0 aromatic carbocycles. The molecule has 40 valence electrons. The van der Waals surface area contributed by atoms with Crippen LogP contribution in [0.2, 0.25) is 0 Å². The number of rotatable bonds is 0. The van der Waals surface area contributed by atoms with Crippen LogP contribution in [-0.4, -0.2) is 24.2 Å². The summed E-state index contributed by atoms with van der Waals surface area (Å²) in [4.78, 5) is 10.5. The van der Waals surface area contributed by atoms with Crippen molar-refractivity contribution in [2.45, 2.75) is 0 Å². The largest absolute Gasteiger partial charge is 0.447 e. The van der Waals surface area contributed by atoms with Crippen molar-refractivity contribution in [1.82, 2.24) is 5.01 Å². The third-order valence-electron chi connectivity index (χ3n) is 0.501. The van der Waals surface area contributed by atoms with E-state index in [9.17, 15) is 4.79 Å². The molecule has 0 aromatic heterocycles. The van der Waals surface area contributed by atoms with Crippen LogP contribution in [0.5, 0.6) is 0 Å². The van der Waals surface area contributed by atoms with E-state index in [0.717, 1.165) is 0 Å². The van der Waals surface area contributed by atoms with E-state index in [1.54, 1.807) is 0 Å². The molecule has 0 aromatic rings. The van der Waals surface area contributed by atoms with Gasteiger partial charge < -0.3 is 4.74 Å². The van der Waals surface area contributed by atoms with Crippen molar-refractivity contribution < 1.29 is 15.0 Å². The number of carbonyl (C=O) groups is 1. The molecular formula is C3H6N2O2. The Morgan fingerprint density at radius 1 is 2.14 bits per heavy atom. The fourth-order valence-electron chi connectivity index (χ4n) is 0.210. The number of nitrogens with zero attached hydrogens (tertiary/aromatic N) is 1. The van der Waals surface area contributed by atoms with Gasteiger partial charge in [0.1, 0.15) is 6.56 Å². The van der Waals surface area contributed by atoms with E-state index in [4.69, 9.17) is 11.3 Å². The number of nitrogens with two attached hydrogens (primary N) is 1. The third kappa shape index (κ3) is 0.640. The molecule has 4 nitrogen and oxygen atoms in total. The van der Waals surface area contributed by atoms with Crippen molar-refractivity contribution >= 4 is 6.09 Å². The molecule has 0 atom stereocenters. The molecule has 0 aliphatic carbocycles. The quantitative estimate of drug-likeness (QED) is 0.328. The van der Waals surface area contributed by atoms with Crippen LogP contribution in [0.1, 0.15) is 5.48 Å². The number of carbonyl (C=O) groups excluding carboxylic acids is 1. The minimum Gasteiger partial charge on any atom is -0.447 e. The maximum absolute atomic E-state index is 10.5. The second kappa shape index (κ2) is 1.38. The number of cyclic esters (lactones) is 1. The summed E-state index contributed by atoms with van der Waals surface area (Å²) in [5.74, 6) is 4.88. The minimum absolute atomic E-state index is 0.0903. The van der Waals surface area contributed by atoms with E-state index < -0.39 is 19.1 Å². The van der Waals surface area contributed by atoms with Gasteiger partial charge in [0.2, 0.25) is 0 Å². The lowest BCUT2D eigenvalue weighted by Crippen LogP contribution is -2.31. The predicted octanol–water partition coefficient (Wildman–Crippen LogP) is -0.688. The monoisotopic (exact) mass is 106 g/mol. The highest BCUT2D eigenvalue weighted by Crippen LogP contribution is 1.93. The number of hydrogen-bond acceptors (Lipinski definition) is 3. The molecule has 7 heavy (non-hydrogen) atoms. The van der Waals surface area contributed by atoms with Gasteiger partial charge in [0.25, 0.3) is 0 Å². The summed E-state index contributed by atoms with van der Waals surface area (Å²) < 4.78 is 31.7. The molecule has 0 unspecified atom stereocenters. The van der Waals surface area contributed by atoms with Crippen LogP contribution < -0.4 is 5.84 Å². The van der Waals surface area contributed by atoms with Gasteiger partial charge >= 0.3 is 6.09 Å². The van der Waals surface area contributed by atoms with Crippen LogP contribution in [-0.2, 0) is 4.74 Å². The average Bonchev–Trinajstić information content (AvgIpc) is 1.93. The topological polar surface area (TPSA) is 55.6 Å². The van der Waals surface area contributed by atoms with Gasteiger partial charge in [-0.25, -0.2) is 15.6 Å². The Kier molecular flexibility index (Phi) is 0.321. The molecule has 0 saturated carbocycles. The van der Waals surface area contributed by atoms with Gasteiger partial charge in [0.15, 0.2) is 0 Å². The van der Waals surface area contributed by atoms with Gasteiger partial charge in [0, 0.05) is 0 Å². The summed E-state index contributed by atoms with van der Waals surface area (Å²) in [6.45, 7) is -5.29. The van der Waals surface area contributed by atoms with E-state index in [1.165, 1.54) is 0 Å². The van der Waals surface area contributed by atoms with Crippen molar-refractivity contribution in [3.63, 3.8) is 0 Å². The maximum atomic E-state index is 10.5. The zero-order valence-electron chi connectivity index (χ0n) is 7.34. The van der Waals surface area contributed by atoms with Gasteiger partial charge in [-0.15, -0.1) is 0 Å². The SMILES string of the molecule is [2H]C1([2H])OC(=O)N(N)C1([2H])[2H]. The summed E-state index contributed by atoms with van der Waals surface area (Å²) in [5.41, 5.74) is 0. The maximum Gasteiger partial charge on any atom is 0.424 e. The molecule has 0 radical (unpaired) electrons. The highest BCUT2D eigenvalue weighted by Gasteiger charge is 2.16. The first-order valence-electron chi connectivity index (χ1n) is 3.57. The number of hydrogen-bond donors (Lipinski definition) is 1. The normalized spacial score (nSPS) is 43.0. The molecule has 1 heterocycles. The fourth-order valence-corrected chi connectivity index (χ4v) is 0.210. The van der Waals surface area contributed by atoms with Crippen LogP contribution in [0.25, 0.3) is 0 Å². The zero-order valence-corrected chi connectivity index (χ0v) is 3.34. The molecular weight excluding hydrogens is 96.0 g/mol. The van der Waals surface area contributed by atoms with Crippen molar-refractivity contribution in [1.29, 1.82) is 0 Å². The average molecular weight is 106 g/mol. The first-order valence-corrected chi connectivity index (χ1v) is 1.57. The smallest absolute Gasteiger partial charge is 0.424 e. The summed E-state index contributed by atoms with van der Waals surface area (Å²) in [6, 6.07) is 0. The number of hydrazine groups is 1. The fraction of sp³-hybridized carbons (Fsp3) is 0.667. The second-order valence-electron chi connectivity index (χ2n) is 0.952. The van der Waals surface area contributed by atoms with E-state index in [2.05, 4.69) is 4.74 Å². The Balaban J connectivity index is 3.01. The summed E-state index contributed by atoms with van der Waals surface area (Å²) in [7, 11) is 0. The third-order valence-corrected chi connectivity index (χ3v) is 0.501. The Bertz CT molecular complexity index is 206. The van der Waals surface area contributed by atoms with Crippen LogP contribution in [0.15, 0.2) is 0 Å². The zero-order chi connectivity index (χ0) is 8.86. The predicted molar refractivity (Wildman–Crippen MR) is 22.2 cm³/mol. The molecule has 0 spiro atoms. The van der Waals surface area contributed by atoms with Crippen molar-refractivity contribution in [2.75, 3.05) is 13.1 Å². The Morgan fingerprint density at radius 3 is 3.00 bits per heavy atom. The lowest BCUT2D eigenvalue weighted by Gasteiger charge is -1.98. The second-order valence-corrected chi connectivity index (χ2v) is 0.952. The lowest BCUT2D eigenvalue weighted by atomic mass is 10.7. The van der Waals surface area contributed by atoms with Crippen LogP contribution in [0, 0.1) is 0 Å². The highest BCUT2D eigenvalue weighted by molar-refractivity contribution is 5.68. The van der Waals surface area contributed by atoms with Crippen LogP contribution in [0.4, 0.5) is 4.79 Å². The van der Waals surface area contributed by atoms with Crippen LogP contribution in [0.3, 0.4) is 0 Å². The van der Waals surface area contributed by atoms with Gasteiger partial charge in [-0.05, 0) is 0 Å². The lowest BCUT2D eigenvalue weighted by molar-refractivity contribution is 0.159. The summed E-state index contributed by atoms with van der Waals surface area (Å²) >= 11 is 0. The molecule has 1 amide bonds. The first kappa shape index (κ1) is 1.63. The molecule has 4 heteroatoms. The highest BCUT2D eigenvalue weighted by atomic mass is 16.6. The van der Waals surface area contributed by atoms with Gasteiger partial charge in [-0.2, -0.15) is 0 Å². The Hall–Kier alpha value is -0.770. The van der Waals surface area contributed by atoms with Crippen molar-refractivity contribution in [3.05, 3.63) is 0 Å². The van der Waals surface area contributed by atoms with Crippen LogP contribution >= 0.6 is 0 Å². The van der Waals surface area contributed by atoms with Crippen molar-refractivity contribution in [3.8, 4) is 0 Å². The molecule has 2 N–H and O–H groups in total. The molecule has 1 rings (SSSR count). The molecule has 1 fully saturated rings. The Morgan fingerprint density at radius 2 is 2.86 bits per heavy atom. The van der Waals surface area contributed by atoms with E-state index in [-0.39, 0.29) is 5.01 Å². The van der Waals surface area contributed by atoms with Gasteiger partial charge in [-0.3, -0.25) is 0 Å². The standard InChI is InChI=1S/C3H6N2O2/c4-5-1-2-7-3(5)6/h1-2,4H2/i1D2,2D2. The van der Waals surface area contributed by atoms with Crippen molar-refractivity contribution in [2.24, 2.45) is 5.84 Å². The van der Waals surface area contributed by atoms with E-state index in [0.29, 0.717) is 0 Å². The molecule has 0 bridgehead atoms. The molecule has 1 aliphatic heterocycles. The Labute approximate surface area is 46.4 Å². The minimum atomic E-state index is -2.68. The molecule has 1 aliphatic rings. The summed E-state index contributed by atoms with van der Waals surface area (Å²) in [6.07, 6.45) is -1.21. The number of ether oxygens (including phenoxy) is 1. The molecule has 1 saturated heterocycles. The van der Waals surface area contributed by atoms with E-state index in [1.807, 2.05) is 0 Å². The van der Waals surface area contributed by atoms with E-state index >= 15 is 0 Å². The van der Waals surface area contributed by atoms with Gasteiger partial charge in [0.05, 0.1) is 12.0 Å². The first-order chi connectivity index (χ1) is 4.79. The summed E-state index contributed by atoms with van der Waals surface area (Å²) in [5, 5.41) is 0.0903. The number of amides is 1.